The van der Waals surface area contributed by atoms with Crippen LogP contribution in [0.1, 0.15) is 20.3 Å². The minimum absolute atomic E-state index is 0.237. The van der Waals surface area contributed by atoms with Crippen LogP contribution >= 0.6 is 0 Å². The zero-order chi connectivity index (χ0) is 12.0. The number of aliphatic hydroxyl groups excluding tert-OH is 1. The molecule has 1 aliphatic heterocycles. The maximum atomic E-state index is 9.10. The van der Waals surface area contributed by atoms with Crippen LogP contribution in [0.4, 0.5) is 0 Å². The topological polar surface area (TPSA) is 38.7 Å². The molecule has 0 aliphatic carbocycles. The molecule has 0 amide bonds. The number of nitrogens with zero attached hydrogens (tertiary/aromatic N) is 2. The lowest BCUT2D eigenvalue weighted by atomic mass is 10.1. The van der Waals surface area contributed by atoms with Gasteiger partial charge in [0, 0.05) is 31.7 Å². The molecular formula is C12H27N3O. The smallest absolute Gasteiger partial charge is 0.0585 e. The van der Waals surface area contributed by atoms with E-state index in [1.54, 1.807) is 0 Å². The number of hydrogen-bond donors (Lipinski definition) is 2. The molecule has 1 aliphatic rings. The minimum atomic E-state index is 0.237. The molecule has 2 atom stereocenters. The number of piperazine rings is 1. The van der Waals surface area contributed by atoms with Gasteiger partial charge < -0.3 is 15.3 Å². The van der Waals surface area contributed by atoms with E-state index in [1.807, 2.05) is 7.05 Å². The Morgan fingerprint density at radius 1 is 1.44 bits per heavy atom. The summed E-state index contributed by atoms with van der Waals surface area (Å²) in [5.41, 5.74) is 0. The molecule has 2 unspecified atom stereocenters. The Morgan fingerprint density at radius 3 is 2.69 bits per heavy atom. The molecule has 0 saturated carbocycles. The minimum Gasteiger partial charge on any atom is -0.395 e. The Bertz CT molecular complexity index is 185. The van der Waals surface area contributed by atoms with Gasteiger partial charge in [-0.2, -0.15) is 0 Å². The highest BCUT2D eigenvalue weighted by Crippen LogP contribution is 2.09. The first-order valence-electron chi connectivity index (χ1n) is 6.45. The van der Waals surface area contributed by atoms with E-state index in [0.717, 1.165) is 26.1 Å². The monoisotopic (exact) mass is 229 g/mol. The summed E-state index contributed by atoms with van der Waals surface area (Å²) in [4.78, 5) is 5.04. The van der Waals surface area contributed by atoms with Crippen LogP contribution in [0.3, 0.4) is 0 Å². The van der Waals surface area contributed by atoms with Gasteiger partial charge in [0.05, 0.1) is 6.61 Å². The van der Waals surface area contributed by atoms with Gasteiger partial charge in [0.2, 0.25) is 0 Å². The van der Waals surface area contributed by atoms with Gasteiger partial charge in [0.1, 0.15) is 0 Å². The largest absolute Gasteiger partial charge is 0.395 e. The van der Waals surface area contributed by atoms with E-state index < -0.39 is 0 Å². The first-order valence-corrected chi connectivity index (χ1v) is 6.45. The van der Waals surface area contributed by atoms with E-state index in [2.05, 4.69) is 29.0 Å². The first kappa shape index (κ1) is 13.9. The summed E-state index contributed by atoms with van der Waals surface area (Å²) in [6.45, 7) is 10.5. The lowest BCUT2D eigenvalue weighted by Crippen LogP contribution is -2.52. The van der Waals surface area contributed by atoms with E-state index in [4.69, 9.17) is 5.11 Å². The zero-order valence-electron chi connectivity index (χ0n) is 10.9. The fourth-order valence-corrected chi connectivity index (χ4v) is 2.41. The Morgan fingerprint density at radius 2 is 2.19 bits per heavy atom. The van der Waals surface area contributed by atoms with Gasteiger partial charge in [-0.3, -0.25) is 4.90 Å². The molecule has 0 radical (unpaired) electrons. The third-order valence-electron chi connectivity index (χ3n) is 3.68. The molecule has 0 bridgehead atoms. The molecule has 0 spiro atoms. The number of aliphatic hydroxyl groups is 1. The molecule has 0 aromatic heterocycles. The summed E-state index contributed by atoms with van der Waals surface area (Å²) < 4.78 is 0. The Hall–Kier alpha value is -0.160. The lowest BCUT2D eigenvalue weighted by molar-refractivity contribution is 0.0833. The van der Waals surface area contributed by atoms with E-state index in [0.29, 0.717) is 6.04 Å². The lowest BCUT2D eigenvalue weighted by Gasteiger charge is -2.39. The van der Waals surface area contributed by atoms with Crippen LogP contribution in [0.2, 0.25) is 0 Å². The van der Waals surface area contributed by atoms with Crippen molar-refractivity contribution in [2.24, 2.45) is 0 Å². The van der Waals surface area contributed by atoms with E-state index in [1.165, 1.54) is 13.1 Å². The van der Waals surface area contributed by atoms with Crippen molar-refractivity contribution < 1.29 is 5.11 Å². The van der Waals surface area contributed by atoms with Gasteiger partial charge >= 0.3 is 0 Å². The highest BCUT2D eigenvalue weighted by atomic mass is 16.3. The Balaban J connectivity index is 2.24. The molecule has 16 heavy (non-hydrogen) atoms. The van der Waals surface area contributed by atoms with Gasteiger partial charge in [0.25, 0.3) is 0 Å². The van der Waals surface area contributed by atoms with Crippen LogP contribution in [0.25, 0.3) is 0 Å². The number of rotatable bonds is 6. The molecule has 4 heteroatoms. The molecular weight excluding hydrogens is 202 g/mol. The summed E-state index contributed by atoms with van der Waals surface area (Å²) in [7, 11) is 1.92. The normalized spacial score (nSPS) is 25.9. The van der Waals surface area contributed by atoms with Crippen molar-refractivity contribution in [1.82, 2.24) is 15.1 Å². The van der Waals surface area contributed by atoms with Crippen molar-refractivity contribution in [2.45, 2.75) is 32.4 Å². The predicted octanol–water partition coefficient (Wildman–Crippen LogP) is -0.0172. The summed E-state index contributed by atoms with van der Waals surface area (Å²) in [6, 6.07) is 0.917. The van der Waals surface area contributed by atoms with Crippen LogP contribution in [-0.2, 0) is 0 Å². The maximum absolute atomic E-state index is 9.10. The summed E-state index contributed by atoms with van der Waals surface area (Å²) >= 11 is 0. The second kappa shape index (κ2) is 7.22. The molecule has 2 N–H and O–H groups in total. The van der Waals surface area contributed by atoms with Crippen LogP contribution in [0, 0.1) is 0 Å². The Labute approximate surface area is 99.6 Å². The van der Waals surface area contributed by atoms with Crippen molar-refractivity contribution in [3.63, 3.8) is 0 Å². The second-order valence-electron chi connectivity index (χ2n) is 4.74. The van der Waals surface area contributed by atoms with Crippen LogP contribution in [0.5, 0.6) is 0 Å². The van der Waals surface area contributed by atoms with E-state index in [9.17, 15) is 0 Å². The summed E-state index contributed by atoms with van der Waals surface area (Å²) in [5.74, 6) is 0. The van der Waals surface area contributed by atoms with Crippen molar-refractivity contribution >= 4 is 0 Å². The molecule has 1 saturated heterocycles. The standard InChI is InChI=1S/C12H27N3O/c1-4-15-8-7-14(9-11(15)2)6-5-12(10-16)13-3/h11-13,16H,4-10H2,1-3H3. The average molecular weight is 229 g/mol. The third-order valence-corrected chi connectivity index (χ3v) is 3.68. The third kappa shape index (κ3) is 4.01. The molecule has 1 rings (SSSR count). The van der Waals surface area contributed by atoms with Crippen molar-refractivity contribution in [2.75, 3.05) is 46.4 Å². The van der Waals surface area contributed by atoms with Crippen LogP contribution in [0.15, 0.2) is 0 Å². The van der Waals surface area contributed by atoms with Gasteiger partial charge in [-0.05, 0) is 33.5 Å². The highest BCUT2D eigenvalue weighted by Gasteiger charge is 2.22. The molecule has 96 valence electrons. The number of likely N-dealkylation sites (N-methyl/N-ethyl adjacent to an activating group) is 2. The molecule has 1 heterocycles. The molecule has 0 aromatic rings. The quantitative estimate of drug-likeness (QED) is 0.671. The fraction of sp³-hybridized carbons (Fsp3) is 1.00. The maximum Gasteiger partial charge on any atom is 0.0585 e. The molecule has 0 aromatic carbocycles. The van der Waals surface area contributed by atoms with Gasteiger partial charge in [0.15, 0.2) is 0 Å². The van der Waals surface area contributed by atoms with Crippen LogP contribution in [-0.4, -0.2) is 73.4 Å². The number of nitrogens with one attached hydrogen (secondary N) is 1. The van der Waals surface area contributed by atoms with Crippen molar-refractivity contribution in [1.29, 1.82) is 0 Å². The molecule has 1 fully saturated rings. The van der Waals surface area contributed by atoms with Crippen LogP contribution < -0.4 is 5.32 Å². The van der Waals surface area contributed by atoms with E-state index in [-0.39, 0.29) is 12.6 Å². The second-order valence-corrected chi connectivity index (χ2v) is 4.74. The van der Waals surface area contributed by atoms with Gasteiger partial charge in [-0.1, -0.05) is 6.92 Å². The average Bonchev–Trinajstić information content (AvgIpc) is 2.30. The number of hydrogen-bond acceptors (Lipinski definition) is 4. The van der Waals surface area contributed by atoms with E-state index >= 15 is 0 Å². The van der Waals surface area contributed by atoms with Crippen molar-refractivity contribution in [3.05, 3.63) is 0 Å². The van der Waals surface area contributed by atoms with Crippen molar-refractivity contribution in [3.8, 4) is 0 Å². The van der Waals surface area contributed by atoms with Gasteiger partial charge in [-0.25, -0.2) is 0 Å². The highest BCUT2D eigenvalue weighted by molar-refractivity contribution is 4.79. The Kier molecular flexibility index (Phi) is 6.28. The first-order chi connectivity index (χ1) is 7.71. The summed E-state index contributed by atoms with van der Waals surface area (Å²) in [6.07, 6.45) is 1.03. The zero-order valence-corrected chi connectivity index (χ0v) is 10.9. The fourth-order valence-electron chi connectivity index (χ4n) is 2.41. The summed E-state index contributed by atoms with van der Waals surface area (Å²) in [5, 5.41) is 12.2. The van der Waals surface area contributed by atoms with Gasteiger partial charge in [-0.15, -0.1) is 0 Å². The SMILES string of the molecule is CCN1CCN(CCC(CO)NC)CC1C. The predicted molar refractivity (Wildman–Crippen MR) is 67.7 cm³/mol. The molecule has 4 nitrogen and oxygen atoms in total.